The van der Waals surface area contributed by atoms with E-state index in [1.807, 2.05) is 4.90 Å². The van der Waals surface area contributed by atoms with Crippen molar-refractivity contribution >= 4 is 11.6 Å². The molecule has 18 heavy (non-hydrogen) atoms. The van der Waals surface area contributed by atoms with Crippen LogP contribution >= 0.6 is 0 Å². The Labute approximate surface area is 106 Å². The molecule has 1 aliphatic heterocycles. The zero-order valence-electron chi connectivity index (χ0n) is 10.7. The first-order valence-corrected chi connectivity index (χ1v) is 6.31. The van der Waals surface area contributed by atoms with Crippen molar-refractivity contribution in [2.45, 2.75) is 19.3 Å². The van der Waals surface area contributed by atoms with Gasteiger partial charge in [0, 0.05) is 26.7 Å². The number of nitrogens with two attached hydrogens (primary N) is 1. The number of rotatable bonds is 3. The number of carbonyl (C=O) groups is 1. The molecule has 0 radical (unpaired) electrons. The van der Waals surface area contributed by atoms with Crippen LogP contribution in [0.4, 0.5) is 5.69 Å². The molecule has 1 fully saturated rings. The summed E-state index contributed by atoms with van der Waals surface area (Å²) >= 11 is 0. The van der Waals surface area contributed by atoms with Crippen LogP contribution in [0, 0.1) is 5.92 Å². The minimum absolute atomic E-state index is 0.0601. The Hall–Kier alpha value is -1.56. The fourth-order valence-electron chi connectivity index (χ4n) is 2.53. The summed E-state index contributed by atoms with van der Waals surface area (Å²) in [7, 11) is 1.72. The number of nitrogens with zero attached hydrogens (tertiary/aromatic N) is 3. The highest BCUT2D eigenvalue weighted by molar-refractivity contribution is 5.97. The van der Waals surface area contributed by atoms with Gasteiger partial charge in [0.2, 0.25) is 0 Å². The highest BCUT2D eigenvalue weighted by atomic mass is 16.3. The van der Waals surface area contributed by atoms with E-state index in [-0.39, 0.29) is 12.5 Å². The summed E-state index contributed by atoms with van der Waals surface area (Å²) in [5.74, 6) is 0.331. The largest absolute Gasteiger partial charge is 0.396 e. The molecule has 1 saturated heterocycles. The Bertz CT molecular complexity index is 408. The smallest absolute Gasteiger partial charge is 0.274 e. The number of aryl methyl sites for hydroxylation is 1. The van der Waals surface area contributed by atoms with Gasteiger partial charge in [-0.15, -0.1) is 0 Å². The van der Waals surface area contributed by atoms with Crippen molar-refractivity contribution in [2.75, 3.05) is 25.4 Å². The molecule has 0 bridgehead atoms. The third-order valence-corrected chi connectivity index (χ3v) is 3.51. The third kappa shape index (κ3) is 2.48. The zero-order valence-corrected chi connectivity index (χ0v) is 10.7. The van der Waals surface area contributed by atoms with Crippen LogP contribution in [0.3, 0.4) is 0 Å². The van der Waals surface area contributed by atoms with E-state index in [0.717, 1.165) is 25.8 Å². The van der Waals surface area contributed by atoms with Crippen LogP contribution in [0.1, 0.15) is 29.8 Å². The van der Waals surface area contributed by atoms with E-state index in [1.165, 1.54) is 10.9 Å². The van der Waals surface area contributed by atoms with E-state index in [4.69, 9.17) is 10.8 Å². The van der Waals surface area contributed by atoms with Gasteiger partial charge in [0.1, 0.15) is 5.69 Å². The molecular formula is C12H20N4O2. The minimum atomic E-state index is -0.0601. The molecule has 6 nitrogen and oxygen atoms in total. The topological polar surface area (TPSA) is 84.4 Å². The highest BCUT2D eigenvalue weighted by Crippen LogP contribution is 2.22. The van der Waals surface area contributed by atoms with Crippen LogP contribution in [0.25, 0.3) is 0 Å². The van der Waals surface area contributed by atoms with Crippen LogP contribution in [0.5, 0.6) is 0 Å². The maximum absolute atomic E-state index is 12.4. The Balaban J connectivity index is 2.09. The number of likely N-dealkylation sites (tertiary alicyclic amines) is 1. The third-order valence-electron chi connectivity index (χ3n) is 3.51. The number of amides is 1. The average Bonchev–Trinajstić information content (AvgIpc) is 2.69. The minimum Gasteiger partial charge on any atom is -0.396 e. The standard InChI is InChI=1S/C12H20N4O2/c1-15-11(10(13)7-14-15)12(18)16-5-2-3-9(8-16)4-6-17/h7,9,17H,2-6,8,13H2,1H3. The molecule has 3 N–H and O–H groups in total. The number of aromatic nitrogens is 2. The average molecular weight is 252 g/mol. The molecule has 0 aliphatic carbocycles. The van der Waals surface area contributed by atoms with Crippen molar-refractivity contribution < 1.29 is 9.90 Å². The SMILES string of the molecule is Cn1ncc(N)c1C(=O)N1CCCC(CCO)C1. The van der Waals surface area contributed by atoms with Crippen LogP contribution in [0.15, 0.2) is 6.20 Å². The monoisotopic (exact) mass is 252 g/mol. The number of piperidine rings is 1. The predicted molar refractivity (Wildman–Crippen MR) is 68.0 cm³/mol. The predicted octanol–water partition coefficient (Wildman–Crippen LogP) is 0.237. The molecule has 1 aromatic rings. The van der Waals surface area contributed by atoms with Gasteiger partial charge >= 0.3 is 0 Å². The van der Waals surface area contributed by atoms with Gasteiger partial charge in [-0.3, -0.25) is 9.48 Å². The Morgan fingerprint density at radius 1 is 1.67 bits per heavy atom. The van der Waals surface area contributed by atoms with Gasteiger partial charge in [-0.1, -0.05) is 0 Å². The summed E-state index contributed by atoms with van der Waals surface area (Å²) in [6, 6.07) is 0. The van der Waals surface area contributed by atoms with E-state index in [1.54, 1.807) is 7.05 Å². The lowest BCUT2D eigenvalue weighted by molar-refractivity contribution is 0.0643. The van der Waals surface area contributed by atoms with Crippen LogP contribution in [0.2, 0.25) is 0 Å². The van der Waals surface area contributed by atoms with Gasteiger partial charge in [0.15, 0.2) is 0 Å². The number of aliphatic hydroxyl groups is 1. The molecule has 0 saturated carbocycles. The number of aliphatic hydroxyl groups excluding tert-OH is 1. The summed E-state index contributed by atoms with van der Waals surface area (Å²) in [5.41, 5.74) is 6.65. The number of carbonyl (C=O) groups excluding carboxylic acids is 1. The number of anilines is 1. The van der Waals surface area contributed by atoms with Crippen molar-refractivity contribution in [1.29, 1.82) is 0 Å². The maximum Gasteiger partial charge on any atom is 0.274 e. The summed E-state index contributed by atoms with van der Waals surface area (Å²) in [4.78, 5) is 14.2. The first-order chi connectivity index (χ1) is 8.63. The van der Waals surface area contributed by atoms with Crippen LogP contribution in [-0.4, -0.2) is 45.4 Å². The lowest BCUT2D eigenvalue weighted by Gasteiger charge is -2.32. The molecule has 1 aromatic heterocycles. The van der Waals surface area contributed by atoms with Gasteiger partial charge in [-0.25, -0.2) is 0 Å². The molecule has 100 valence electrons. The van der Waals surface area contributed by atoms with Crippen molar-refractivity contribution in [3.8, 4) is 0 Å². The molecule has 6 heteroatoms. The molecule has 0 aromatic carbocycles. The Morgan fingerprint density at radius 2 is 2.44 bits per heavy atom. The lowest BCUT2D eigenvalue weighted by Crippen LogP contribution is -2.41. The highest BCUT2D eigenvalue weighted by Gasteiger charge is 2.27. The first kappa shape index (κ1) is 12.9. The first-order valence-electron chi connectivity index (χ1n) is 6.31. The van der Waals surface area contributed by atoms with Gasteiger partial charge in [-0.2, -0.15) is 5.10 Å². The number of hydrogen-bond acceptors (Lipinski definition) is 4. The van der Waals surface area contributed by atoms with E-state index in [2.05, 4.69) is 5.10 Å². The quantitative estimate of drug-likeness (QED) is 0.807. The molecular weight excluding hydrogens is 232 g/mol. The molecule has 1 aliphatic rings. The van der Waals surface area contributed by atoms with Gasteiger partial charge in [-0.05, 0) is 25.2 Å². The van der Waals surface area contributed by atoms with Crippen LogP contribution in [-0.2, 0) is 7.05 Å². The molecule has 0 spiro atoms. The van der Waals surface area contributed by atoms with Crippen molar-refractivity contribution in [3.05, 3.63) is 11.9 Å². The summed E-state index contributed by atoms with van der Waals surface area (Å²) in [6.45, 7) is 1.63. The molecule has 1 unspecified atom stereocenters. The summed E-state index contributed by atoms with van der Waals surface area (Å²) in [6.07, 6.45) is 4.31. The van der Waals surface area contributed by atoms with Gasteiger partial charge < -0.3 is 15.7 Å². The van der Waals surface area contributed by atoms with Gasteiger partial charge in [0.05, 0.1) is 11.9 Å². The fourth-order valence-corrected chi connectivity index (χ4v) is 2.53. The van der Waals surface area contributed by atoms with Gasteiger partial charge in [0.25, 0.3) is 5.91 Å². The lowest BCUT2D eigenvalue weighted by atomic mass is 9.95. The Kier molecular flexibility index (Phi) is 3.86. The summed E-state index contributed by atoms with van der Waals surface area (Å²) < 4.78 is 1.52. The van der Waals surface area contributed by atoms with E-state index in [0.29, 0.717) is 23.8 Å². The normalized spacial score (nSPS) is 20.1. The Morgan fingerprint density at radius 3 is 3.06 bits per heavy atom. The fraction of sp³-hybridized carbons (Fsp3) is 0.667. The summed E-state index contributed by atoms with van der Waals surface area (Å²) in [5, 5.41) is 13.0. The molecule has 2 heterocycles. The van der Waals surface area contributed by atoms with Crippen molar-refractivity contribution in [1.82, 2.24) is 14.7 Å². The molecule has 1 amide bonds. The number of nitrogen functional groups attached to an aromatic ring is 1. The maximum atomic E-state index is 12.4. The van der Waals surface area contributed by atoms with Crippen molar-refractivity contribution in [3.63, 3.8) is 0 Å². The van der Waals surface area contributed by atoms with Crippen LogP contribution < -0.4 is 5.73 Å². The van der Waals surface area contributed by atoms with E-state index < -0.39 is 0 Å². The second-order valence-corrected chi connectivity index (χ2v) is 4.84. The zero-order chi connectivity index (χ0) is 13.1. The number of hydrogen-bond donors (Lipinski definition) is 2. The molecule has 2 rings (SSSR count). The molecule has 1 atom stereocenters. The van der Waals surface area contributed by atoms with E-state index >= 15 is 0 Å². The second kappa shape index (κ2) is 5.39. The second-order valence-electron chi connectivity index (χ2n) is 4.84. The van der Waals surface area contributed by atoms with Crippen molar-refractivity contribution in [2.24, 2.45) is 13.0 Å². The van der Waals surface area contributed by atoms with E-state index in [9.17, 15) is 4.79 Å².